The topological polar surface area (TPSA) is 34.9 Å². The Labute approximate surface area is 171 Å². The van der Waals surface area contributed by atoms with Gasteiger partial charge >= 0.3 is 0 Å². The number of halogens is 1. The summed E-state index contributed by atoms with van der Waals surface area (Å²) in [7, 11) is 0. The van der Waals surface area contributed by atoms with Crippen LogP contribution in [0.4, 0.5) is 0 Å². The van der Waals surface area contributed by atoms with Crippen molar-refractivity contribution >= 4 is 45.6 Å². The molecule has 1 heterocycles. The number of aryl methyl sites for hydroxylation is 1. The number of nitrogens with zero attached hydrogens (tertiary/aromatic N) is 2. The molecule has 0 saturated heterocycles. The summed E-state index contributed by atoms with van der Waals surface area (Å²) in [5.74, 6) is 0.612. The zero-order valence-electron chi connectivity index (χ0n) is 14.8. The van der Waals surface area contributed by atoms with Crippen LogP contribution in [0.1, 0.15) is 17.0 Å². The summed E-state index contributed by atoms with van der Waals surface area (Å²) in [5.41, 5.74) is 3.72. The zero-order chi connectivity index (χ0) is 18.8. The molecule has 0 amide bonds. The Morgan fingerprint density at radius 1 is 0.926 bits per heavy atom. The summed E-state index contributed by atoms with van der Waals surface area (Å²) < 4.78 is 2.69. The van der Waals surface area contributed by atoms with Crippen LogP contribution in [-0.2, 0) is 0 Å². The van der Waals surface area contributed by atoms with E-state index in [0.29, 0.717) is 16.7 Å². The molecule has 0 atom stereocenters. The fourth-order valence-corrected chi connectivity index (χ4v) is 3.55. The van der Waals surface area contributed by atoms with Crippen molar-refractivity contribution in [3.63, 3.8) is 0 Å². The molecule has 0 N–H and O–H groups in total. The van der Waals surface area contributed by atoms with Gasteiger partial charge in [-0.3, -0.25) is 9.36 Å². The Bertz CT molecular complexity index is 1210. The molecule has 4 heteroatoms. The van der Waals surface area contributed by atoms with Crippen LogP contribution in [0.5, 0.6) is 0 Å². The summed E-state index contributed by atoms with van der Waals surface area (Å²) >= 11 is 2.22. The Morgan fingerprint density at radius 3 is 2.52 bits per heavy atom. The van der Waals surface area contributed by atoms with Crippen molar-refractivity contribution in [2.24, 2.45) is 0 Å². The lowest BCUT2D eigenvalue weighted by molar-refractivity contribution is 0.944. The van der Waals surface area contributed by atoms with Crippen LogP contribution in [0.3, 0.4) is 0 Å². The Kier molecular flexibility index (Phi) is 4.90. The van der Waals surface area contributed by atoms with Gasteiger partial charge in [0.05, 0.1) is 16.6 Å². The molecule has 4 rings (SSSR count). The molecule has 3 nitrogen and oxygen atoms in total. The van der Waals surface area contributed by atoms with E-state index in [1.165, 1.54) is 5.56 Å². The molecular formula is C23H17IN2O. The first-order valence-corrected chi connectivity index (χ1v) is 9.72. The number of fused-ring (bicyclic) bond motifs is 1. The van der Waals surface area contributed by atoms with Gasteiger partial charge < -0.3 is 0 Å². The molecule has 0 unspecified atom stereocenters. The standard InChI is InChI=1S/C23H17IN2O/c1-16-6-5-7-17(14-16)10-13-22-25-21-12-11-18(24)15-20(21)23(27)26(22)19-8-3-2-4-9-19/h2-15H,1H3/b13-10+. The fourth-order valence-electron chi connectivity index (χ4n) is 3.06. The summed E-state index contributed by atoms with van der Waals surface area (Å²) in [6.07, 6.45) is 3.90. The van der Waals surface area contributed by atoms with Gasteiger partial charge in [0.15, 0.2) is 0 Å². The second-order valence-electron chi connectivity index (χ2n) is 6.36. The van der Waals surface area contributed by atoms with Gasteiger partial charge in [-0.2, -0.15) is 0 Å². The van der Waals surface area contributed by atoms with Crippen LogP contribution >= 0.6 is 22.6 Å². The number of rotatable bonds is 3. The summed E-state index contributed by atoms with van der Waals surface area (Å²) in [6.45, 7) is 2.06. The van der Waals surface area contributed by atoms with E-state index in [2.05, 4.69) is 41.6 Å². The van der Waals surface area contributed by atoms with Gasteiger partial charge in [-0.1, -0.05) is 54.1 Å². The summed E-state index contributed by atoms with van der Waals surface area (Å²) in [6, 6.07) is 23.6. The van der Waals surface area contributed by atoms with E-state index in [1.54, 1.807) is 4.57 Å². The minimum absolute atomic E-state index is 0.0615. The number of para-hydroxylation sites is 1. The molecule has 0 aliphatic heterocycles. The van der Waals surface area contributed by atoms with Crippen molar-refractivity contribution < 1.29 is 0 Å². The van der Waals surface area contributed by atoms with E-state index >= 15 is 0 Å². The van der Waals surface area contributed by atoms with E-state index in [9.17, 15) is 4.79 Å². The molecule has 0 spiro atoms. The molecule has 3 aromatic carbocycles. The molecule has 0 radical (unpaired) electrons. The van der Waals surface area contributed by atoms with Gasteiger partial charge in [-0.05, 0) is 71.5 Å². The van der Waals surface area contributed by atoms with Gasteiger partial charge in [-0.15, -0.1) is 0 Å². The third-order valence-electron chi connectivity index (χ3n) is 4.34. The quantitative estimate of drug-likeness (QED) is 0.377. The number of hydrogen-bond donors (Lipinski definition) is 0. The lowest BCUT2D eigenvalue weighted by Gasteiger charge is -2.11. The Balaban J connectivity index is 1.95. The van der Waals surface area contributed by atoms with Crippen LogP contribution in [-0.4, -0.2) is 9.55 Å². The summed E-state index contributed by atoms with van der Waals surface area (Å²) in [5, 5.41) is 0.624. The lowest BCUT2D eigenvalue weighted by Crippen LogP contribution is -2.22. The molecule has 4 aromatic rings. The minimum Gasteiger partial charge on any atom is -0.268 e. The molecule has 27 heavy (non-hydrogen) atoms. The van der Waals surface area contributed by atoms with E-state index in [4.69, 9.17) is 4.98 Å². The van der Waals surface area contributed by atoms with E-state index in [-0.39, 0.29) is 5.56 Å². The average molecular weight is 464 g/mol. The summed E-state index contributed by atoms with van der Waals surface area (Å²) in [4.78, 5) is 18.0. The highest BCUT2D eigenvalue weighted by Gasteiger charge is 2.11. The highest BCUT2D eigenvalue weighted by Crippen LogP contribution is 2.17. The predicted molar refractivity (Wildman–Crippen MR) is 120 cm³/mol. The highest BCUT2D eigenvalue weighted by molar-refractivity contribution is 14.1. The predicted octanol–water partition coefficient (Wildman–Crippen LogP) is 5.47. The van der Waals surface area contributed by atoms with Crippen molar-refractivity contribution in [1.29, 1.82) is 0 Å². The van der Waals surface area contributed by atoms with Crippen molar-refractivity contribution in [1.82, 2.24) is 9.55 Å². The molecular weight excluding hydrogens is 447 g/mol. The van der Waals surface area contributed by atoms with Gasteiger partial charge in [0.1, 0.15) is 5.82 Å². The first-order valence-electron chi connectivity index (χ1n) is 8.64. The van der Waals surface area contributed by atoms with Crippen LogP contribution in [0.15, 0.2) is 77.6 Å². The first-order chi connectivity index (χ1) is 13.1. The van der Waals surface area contributed by atoms with Gasteiger partial charge in [0, 0.05) is 3.57 Å². The maximum atomic E-state index is 13.3. The largest absolute Gasteiger partial charge is 0.268 e. The van der Waals surface area contributed by atoms with Crippen LogP contribution in [0.25, 0.3) is 28.7 Å². The van der Waals surface area contributed by atoms with E-state index in [1.807, 2.05) is 72.8 Å². The van der Waals surface area contributed by atoms with Crippen molar-refractivity contribution in [2.75, 3.05) is 0 Å². The SMILES string of the molecule is Cc1cccc(/C=C/c2nc3ccc(I)cc3c(=O)n2-c2ccccc2)c1. The van der Waals surface area contributed by atoms with Gasteiger partial charge in [-0.25, -0.2) is 4.98 Å². The Morgan fingerprint density at radius 2 is 1.74 bits per heavy atom. The van der Waals surface area contributed by atoms with Gasteiger partial charge in [0.25, 0.3) is 5.56 Å². The maximum absolute atomic E-state index is 13.3. The maximum Gasteiger partial charge on any atom is 0.266 e. The lowest BCUT2D eigenvalue weighted by atomic mass is 10.1. The van der Waals surface area contributed by atoms with Crippen molar-refractivity contribution in [2.45, 2.75) is 6.92 Å². The second-order valence-corrected chi connectivity index (χ2v) is 7.60. The Hall–Kier alpha value is -2.73. The zero-order valence-corrected chi connectivity index (χ0v) is 16.9. The first kappa shape index (κ1) is 17.7. The molecule has 0 aliphatic rings. The second kappa shape index (κ2) is 7.48. The van der Waals surface area contributed by atoms with Crippen LogP contribution in [0.2, 0.25) is 0 Å². The molecule has 0 saturated carbocycles. The third kappa shape index (κ3) is 3.71. The van der Waals surface area contributed by atoms with E-state index in [0.717, 1.165) is 14.8 Å². The molecule has 1 aromatic heterocycles. The smallest absolute Gasteiger partial charge is 0.266 e. The normalized spacial score (nSPS) is 11.3. The third-order valence-corrected chi connectivity index (χ3v) is 5.01. The average Bonchev–Trinajstić information content (AvgIpc) is 2.68. The molecule has 0 bridgehead atoms. The molecule has 0 aliphatic carbocycles. The van der Waals surface area contributed by atoms with Crippen molar-refractivity contribution in [3.05, 3.63) is 104 Å². The van der Waals surface area contributed by atoms with Crippen LogP contribution in [0, 0.1) is 10.5 Å². The van der Waals surface area contributed by atoms with Crippen molar-refractivity contribution in [3.8, 4) is 5.69 Å². The minimum atomic E-state index is -0.0615. The number of benzene rings is 3. The monoisotopic (exact) mass is 464 g/mol. The highest BCUT2D eigenvalue weighted by atomic mass is 127. The fraction of sp³-hybridized carbons (Fsp3) is 0.0435. The molecule has 0 fully saturated rings. The van der Waals surface area contributed by atoms with Gasteiger partial charge in [0.2, 0.25) is 0 Å². The molecule has 132 valence electrons. The van der Waals surface area contributed by atoms with Crippen LogP contribution < -0.4 is 5.56 Å². The number of hydrogen-bond acceptors (Lipinski definition) is 2. The number of aromatic nitrogens is 2. The van der Waals surface area contributed by atoms with E-state index < -0.39 is 0 Å².